The Labute approximate surface area is 189 Å². The van der Waals surface area contributed by atoms with E-state index < -0.39 is 11.9 Å². The number of thiophene rings is 1. The average molecular weight is 456 g/mol. The molecule has 3 aromatic rings. The molecule has 160 valence electrons. The minimum absolute atomic E-state index is 0.275. The number of anilines is 1. The summed E-state index contributed by atoms with van der Waals surface area (Å²) in [5, 5.41) is 3.80. The maximum absolute atomic E-state index is 12.8. The molecule has 0 fully saturated rings. The SMILES string of the molecule is C=CCN(CC=C)Cc1ccc2c(NC(=O)c3ccccc3Cl)c(C(=O)OC)sc2n1. The summed E-state index contributed by atoms with van der Waals surface area (Å²) < 4.78 is 4.91. The van der Waals surface area contributed by atoms with Crippen LogP contribution >= 0.6 is 22.9 Å². The Kier molecular flexibility index (Phi) is 7.57. The van der Waals surface area contributed by atoms with Crippen molar-refractivity contribution in [1.82, 2.24) is 9.88 Å². The minimum atomic E-state index is -0.543. The first-order valence-electron chi connectivity index (χ1n) is 9.49. The van der Waals surface area contributed by atoms with Gasteiger partial charge in [-0.05, 0) is 24.3 Å². The van der Waals surface area contributed by atoms with Crippen LogP contribution in [0.3, 0.4) is 0 Å². The summed E-state index contributed by atoms with van der Waals surface area (Å²) in [6, 6.07) is 10.4. The number of halogens is 1. The highest BCUT2D eigenvalue weighted by atomic mass is 35.5. The number of carbonyl (C=O) groups is 2. The molecule has 0 atom stereocenters. The zero-order chi connectivity index (χ0) is 22.4. The highest BCUT2D eigenvalue weighted by molar-refractivity contribution is 7.21. The fourth-order valence-electron chi connectivity index (χ4n) is 3.09. The second-order valence-corrected chi connectivity index (χ2v) is 8.06. The third-order valence-corrected chi connectivity index (χ3v) is 5.91. The largest absolute Gasteiger partial charge is 0.465 e. The molecular formula is C23H22ClN3O3S. The highest BCUT2D eigenvalue weighted by Crippen LogP contribution is 2.36. The fourth-order valence-corrected chi connectivity index (χ4v) is 4.38. The van der Waals surface area contributed by atoms with E-state index in [9.17, 15) is 9.59 Å². The number of esters is 1. The molecule has 0 radical (unpaired) electrons. The van der Waals surface area contributed by atoms with E-state index in [1.54, 1.807) is 24.3 Å². The van der Waals surface area contributed by atoms with Gasteiger partial charge >= 0.3 is 5.97 Å². The number of nitrogens with one attached hydrogen (secondary N) is 1. The van der Waals surface area contributed by atoms with E-state index >= 15 is 0 Å². The normalized spacial score (nSPS) is 10.8. The molecule has 1 N–H and O–H groups in total. The second-order valence-electron chi connectivity index (χ2n) is 6.66. The quantitative estimate of drug-likeness (QED) is 0.356. The van der Waals surface area contributed by atoms with Gasteiger partial charge in [-0.25, -0.2) is 9.78 Å². The number of ether oxygens (including phenoxy) is 1. The molecule has 0 aliphatic carbocycles. The van der Waals surface area contributed by atoms with Gasteiger partial charge in [0.1, 0.15) is 9.71 Å². The molecule has 0 spiro atoms. The van der Waals surface area contributed by atoms with Gasteiger partial charge in [-0.1, -0.05) is 35.9 Å². The van der Waals surface area contributed by atoms with Crippen molar-refractivity contribution in [2.75, 3.05) is 25.5 Å². The van der Waals surface area contributed by atoms with Gasteiger partial charge < -0.3 is 10.1 Å². The number of rotatable bonds is 9. The zero-order valence-corrected chi connectivity index (χ0v) is 18.6. The minimum Gasteiger partial charge on any atom is -0.465 e. The maximum Gasteiger partial charge on any atom is 0.350 e. The molecule has 0 bridgehead atoms. The lowest BCUT2D eigenvalue weighted by molar-refractivity contribution is 0.0607. The van der Waals surface area contributed by atoms with Crippen LogP contribution in [0.4, 0.5) is 5.69 Å². The van der Waals surface area contributed by atoms with Gasteiger partial charge in [0.15, 0.2) is 0 Å². The average Bonchev–Trinajstić information content (AvgIpc) is 3.11. The maximum atomic E-state index is 12.8. The molecule has 0 aliphatic rings. The van der Waals surface area contributed by atoms with Crippen molar-refractivity contribution >= 4 is 50.7 Å². The number of hydrogen-bond acceptors (Lipinski definition) is 6. The van der Waals surface area contributed by atoms with E-state index in [1.807, 2.05) is 24.3 Å². The molecule has 3 rings (SSSR count). The number of methoxy groups -OCH3 is 1. The van der Waals surface area contributed by atoms with Crippen molar-refractivity contribution in [3.63, 3.8) is 0 Å². The summed E-state index contributed by atoms with van der Waals surface area (Å²) >= 11 is 7.32. The van der Waals surface area contributed by atoms with Gasteiger partial charge in [0.05, 0.1) is 29.1 Å². The van der Waals surface area contributed by atoms with Crippen LogP contribution in [-0.2, 0) is 11.3 Å². The number of amides is 1. The molecule has 0 unspecified atom stereocenters. The van der Waals surface area contributed by atoms with Crippen molar-refractivity contribution in [3.05, 3.63) is 82.9 Å². The fraction of sp³-hybridized carbons (Fsp3) is 0.174. The van der Waals surface area contributed by atoms with Crippen molar-refractivity contribution < 1.29 is 14.3 Å². The molecule has 0 aliphatic heterocycles. The number of aromatic nitrogens is 1. The van der Waals surface area contributed by atoms with E-state index in [-0.39, 0.29) is 4.88 Å². The van der Waals surface area contributed by atoms with Gasteiger partial charge in [0, 0.05) is 25.0 Å². The molecule has 0 saturated heterocycles. The van der Waals surface area contributed by atoms with Crippen molar-refractivity contribution in [2.45, 2.75) is 6.54 Å². The van der Waals surface area contributed by atoms with E-state index in [0.717, 1.165) is 5.69 Å². The number of fused-ring (bicyclic) bond motifs is 1. The lowest BCUT2D eigenvalue weighted by Crippen LogP contribution is -2.23. The number of pyridine rings is 1. The van der Waals surface area contributed by atoms with Crippen LogP contribution in [0.1, 0.15) is 25.7 Å². The third-order valence-electron chi connectivity index (χ3n) is 4.50. The first kappa shape index (κ1) is 22.7. The third kappa shape index (κ3) is 5.19. The Morgan fingerprint density at radius 1 is 1.19 bits per heavy atom. The predicted octanol–water partition coefficient (Wildman–Crippen LogP) is 5.16. The zero-order valence-electron chi connectivity index (χ0n) is 17.1. The topological polar surface area (TPSA) is 71.5 Å². The lowest BCUT2D eigenvalue weighted by Gasteiger charge is -2.18. The number of benzene rings is 1. The molecule has 2 aromatic heterocycles. The summed E-state index contributed by atoms with van der Waals surface area (Å²) in [6.07, 6.45) is 3.65. The summed E-state index contributed by atoms with van der Waals surface area (Å²) in [5.41, 5.74) is 1.51. The van der Waals surface area contributed by atoms with Gasteiger partial charge in [-0.3, -0.25) is 9.69 Å². The Hall–Kier alpha value is -3.00. The molecular weight excluding hydrogens is 434 g/mol. The summed E-state index contributed by atoms with van der Waals surface area (Å²) in [4.78, 5) is 32.9. The second kappa shape index (κ2) is 10.3. The van der Waals surface area contributed by atoms with Crippen LogP contribution in [-0.4, -0.2) is 42.0 Å². The summed E-state index contributed by atoms with van der Waals surface area (Å²) in [6.45, 7) is 9.56. The van der Waals surface area contributed by atoms with Gasteiger partial charge in [0.25, 0.3) is 5.91 Å². The molecule has 1 aromatic carbocycles. The monoisotopic (exact) mass is 455 g/mol. The van der Waals surface area contributed by atoms with E-state index in [0.29, 0.717) is 46.1 Å². The van der Waals surface area contributed by atoms with Crippen molar-refractivity contribution in [3.8, 4) is 0 Å². The highest BCUT2D eigenvalue weighted by Gasteiger charge is 2.23. The van der Waals surface area contributed by atoms with Crippen LogP contribution in [0.5, 0.6) is 0 Å². The summed E-state index contributed by atoms with van der Waals surface area (Å²) in [7, 11) is 1.30. The molecule has 2 heterocycles. The Morgan fingerprint density at radius 2 is 1.90 bits per heavy atom. The Balaban J connectivity index is 1.98. The van der Waals surface area contributed by atoms with Crippen LogP contribution in [0.15, 0.2) is 61.7 Å². The Morgan fingerprint density at radius 3 is 2.55 bits per heavy atom. The van der Waals surface area contributed by atoms with Crippen LogP contribution < -0.4 is 5.32 Å². The first-order chi connectivity index (χ1) is 15.0. The smallest absolute Gasteiger partial charge is 0.350 e. The number of carbonyl (C=O) groups excluding carboxylic acids is 2. The van der Waals surface area contributed by atoms with E-state index in [2.05, 4.69) is 23.4 Å². The number of nitrogens with zero attached hydrogens (tertiary/aromatic N) is 2. The predicted molar refractivity (Wildman–Crippen MR) is 126 cm³/mol. The van der Waals surface area contributed by atoms with Gasteiger partial charge in [-0.15, -0.1) is 24.5 Å². The number of hydrogen-bond donors (Lipinski definition) is 1. The first-order valence-corrected chi connectivity index (χ1v) is 10.7. The molecule has 8 heteroatoms. The van der Waals surface area contributed by atoms with Crippen LogP contribution in [0.2, 0.25) is 5.02 Å². The van der Waals surface area contributed by atoms with Gasteiger partial charge in [-0.2, -0.15) is 0 Å². The summed E-state index contributed by atoms with van der Waals surface area (Å²) in [5.74, 6) is -0.957. The standard InChI is InChI=1S/C23H22ClN3O3S/c1-4-12-27(13-5-2)14-15-10-11-17-19(20(23(29)30-3)31-22(17)25-15)26-21(28)16-8-6-7-9-18(16)24/h4-11H,1-2,12-14H2,3H3,(H,26,28). The molecule has 6 nitrogen and oxygen atoms in total. The van der Waals surface area contributed by atoms with Crippen molar-refractivity contribution in [1.29, 1.82) is 0 Å². The van der Waals surface area contributed by atoms with Gasteiger partial charge in [0.2, 0.25) is 0 Å². The van der Waals surface area contributed by atoms with Crippen molar-refractivity contribution in [2.24, 2.45) is 0 Å². The van der Waals surface area contributed by atoms with Crippen LogP contribution in [0, 0.1) is 0 Å². The lowest BCUT2D eigenvalue weighted by atomic mass is 10.2. The molecule has 0 saturated carbocycles. The van der Waals surface area contributed by atoms with Crippen LogP contribution in [0.25, 0.3) is 10.2 Å². The van der Waals surface area contributed by atoms with E-state index in [4.69, 9.17) is 21.3 Å². The molecule has 1 amide bonds. The Bertz CT molecular complexity index is 1130. The van der Waals surface area contributed by atoms with E-state index in [1.165, 1.54) is 18.4 Å². The molecule has 31 heavy (non-hydrogen) atoms.